The van der Waals surface area contributed by atoms with Crippen LogP contribution in [0.25, 0.3) is 0 Å². The molecule has 0 aromatic carbocycles. The van der Waals surface area contributed by atoms with Gasteiger partial charge < -0.3 is 11.2 Å². The first-order valence-corrected chi connectivity index (χ1v) is 1.89. The summed E-state index contributed by atoms with van der Waals surface area (Å²) in [5.74, 6) is 0.485. The fourth-order valence-corrected chi connectivity index (χ4v) is 0.297. The Labute approximate surface area is 41.1 Å². The second-order valence-electron chi connectivity index (χ2n) is 1.12. The van der Waals surface area contributed by atoms with Gasteiger partial charge >= 0.3 is 0 Å². The van der Waals surface area contributed by atoms with Crippen LogP contribution in [0.3, 0.4) is 0 Å². The first-order valence-electron chi connectivity index (χ1n) is 1.89. The average molecular weight is 98.1 g/mol. The zero-order valence-corrected chi connectivity index (χ0v) is 3.68. The van der Waals surface area contributed by atoms with E-state index in [2.05, 4.69) is 15.8 Å². The van der Waals surface area contributed by atoms with E-state index < -0.39 is 0 Å². The maximum absolute atomic E-state index is 5.20. The van der Waals surface area contributed by atoms with Gasteiger partial charge in [0.15, 0.2) is 0 Å². The van der Waals surface area contributed by atoms with Crippen LogP contribution in [0.5, 0.6) is 0 Å². The number of aliphatic imine (C=N–C) groups is 1. The minimum atomic E-state index is 0.485. The van der Waals surface area contributed by atoms with E-state index in [9.17, 15) is 0 Å². The lowest BCUT2D eigenvalue weighted by atomic mass is 10.7. The van der Waals surface area contributed by atoms with Crippen LogP contribution in [-0.2, 0) is 0 Å². The SMILES string of the molecule is NC1=CNNC=N1. The zero-order valence-electron chi connectivity index (χ0n) is 3.68. The highest BCUT2D eigenvalue weighted by Gasteiger charge is 1.84. The van der Waals surface area contributed by atoms with E-state index in [0.717, 1.165) is 0 Å². The van der Waals surface area contributed by atoms with Gasteiger partial charge in [-0.3, -0.25) is 5.43 Å². The maximum atomic E-state index is 5.20. The Balaban J connectivity index is 2.58. The molecule has 0 aromatic heterocycles. The Bertz CT molecular complexity index is 114. The van der Waals surface area contributed by atoms with E-state index in [-0.39, 0.29) is 0 Å². The summed E-state index contributed by atoms with van der Waals surface area (Å²) in [7, 11) is 0. The lowest BCUT2D eigenvalue weighted by Crippen LogP contribution is -2.29. The van der Waals surface area contributed by atoms with Crippen molar-refractivity contribution < 1.29 is 0 Å². The maximum Gasteiger partial charge on any atom is 0.142 e. The molecule has 1 heterocycles. The molecule has 38 valence electrons. The summed E-state index contributed by atoms with van der Waals surface area (Å²) in [6, 6.07) is 0. The molecule has 0 amide bonds. The summed E-state index contributed by atoms with van der Waals surface area (Å²) in [6.07, 6.45) is 3.05. The van der Waals surface area contributed by atoms with Gasteiger partial charge in [0.2, 0.25) is 0 Å². The van der Waals surface area contributed by atoms with Crippen molar-refractivity contribution >= 4 is 6.34 Å². The van der Waals surface area contributed by atoms with Gasteiger partial charge in [-0.15, -0.1) is 0 Å². The summed E-state index contributed by atoms with van der Waals surface area (Å²) in [5.41, 5.74) is 10.5. The van der Waals surface area contributed by atoms with Crippen molar-refractivity contribution in [2.24, 2.45) is 10.7 Å². The van der Waals surface area contributed by atoms with Gasteiger partial charge in [-0.1, -0.05) is 0 Å². The summed E-state index contributed by atoms with van der Waals surface area (Å²) in [4.78, 5) is 3.67. The predicted octanol–water partition coefficient (Wildman–Crippen LogP) is -1.12. The van der Waals surface area contributed by atoms with E-state index in [0.29, 0.717) is 5.82 Å². The van der Waals surface area contributed by atoms with Gasteiger partial charge in [0.05, 0.1) is 6.20 Å². The highest BCUT2D eigenvalue weighted by Crippen LogP contribution is 1.80. The summed E-state index contributed by atoms with van der Waals surface area (Å²) < 4.78 is 0. The average Bonchev–Trinajstić information content (AvgIpc) is 1.69. The minimum absolute atomic E-state index is 0.485. The molecule has 0 unspecified atom stereocenters. The number of nitrogens with one attached hydrogen (secondary N) is 2. The van der Waals surface area contributed by atoms with Gasteiger partial charge in [0.1, 0.15) is 12.2 Å². The zero-order chi connectivity index (χ0) is 5.11. The fraction of sp³-hybridized carbons (Fsp3) is 0. The molecule has 0 fully saturated rings. The number of hydrazine groups is 1. The molecular weight excluding hydrogens is 92.1 g/mol. The van der Waals surface area contributed by atoms with Crippen LogP contribution in [0.4, 0.5) is 0 Å². The highest BCUT2D eigenvalue weighted by molar-refractivity contribution is 5.56. The molecule has 4 nitrogen and oxygen atoms in total. The van der Waals surface area contributed by atoms with Gasteiger partial charge in [-0.05, 0) is 0 Å². The second-order valence-corrected chi connectivity index (χ2v) is 1.12. The van der Waals surface area contributed by atoms with Crippen LogP contribution in [0.15, 0.2) is 17.0 Å². The van der Waals surface area contributed by atoms with E-state index in [1.54, 1.807) is 6.20 Å². The first-order chi connectivity index (χ1) is 3.39. The number of rotatable bonds is 0. The van der Waals surface area contributed by atoms with Crippen molar-refractivity contribution in [1.29, 1.82) is 0 Å². The molecule has 0 spiro atoms. The molecule has 7 heavy (non-hydrogen) atoms. The van der Waals surface area contributed by atoms with Crippen molar-refractivity contribution in [3.8, 4) is 0 Å². The van der Waals surface area contributed by atoms with Gasteiger partial charge in [-0.25, -0.2) is 4.99 Å². The molecule has 4 heteroatoms. The Morgan fingerprint density at radius 2 is 2.43 bits per heavy atom. The molecule has 4 N–H and O–H groups in total. The molecule has 1 aliphatic rings. The molecule has 0 saturated carbocycles. The standard InChI is InChI=1S/C3H6N4/c4-3-1-6-7-2-5-3/h1-2,6H,4H2,(H,5,7). The van der Waals surface area contributed by atoms with Crippen molar-refractivity contribution in [3.05, 3.63) is 12.0 Å². The van der Waals surface area contributed by atoms with Crippen LogP contribution in [0, 0.1) is 0 Å². The molecule has 1 aliphatic heterocycles. The van der Waals surface area contributed by atoms with Crippen LogP contribution in [-0.4, -0.2) is 6.34 Å². The number of hydrogen-bond acceptors (Lipinski definition) is 4. The third-order valence-corrected chi connectivity index (χ3v) is 0.582. The Morgan fingerprint density at radius 3 is 2.71 bits per heavy atom. The Morgan fingerprint density at radius 1 is 1.57 bits per heavy atom. The first kappa shape index (κ1) is 3.98. The van der Waals surface area contributed by atoms with E-state index in [1.165, 1.54) is 6.34 Å². The van der Waals surface area contributed by atoms with Gasteiger partial charge in [0.25, 0.3) is 0 Å². The van der Waals surface area contributed by atoms with Crippen LogP contribution < -0.4 is 16.6 Å². The van der Waals surface area contributed by atoms with Gasteiger partial charge in [-0.2, -0.15) is 0 Å². The number of nitrogens with two attached hydrogens (primary N) is 1. The number of nitrogens with zero attached hydrogens (tertiary/aromatic N) is 1. The lowest BCUT2D eigenvalue weighted by Gasteiger charge is -2.03. The number of hydrogen-bond donors (Lipinski definition) is 3. The largest absolute Gasteiger partial charge is 0.382 e. The van der Waals surface area contributed by atoms with E-state index in [4.69, 9.17) is 5.73 Å². The molecule has 0 bridgehead atoms. The normalized spacial score (nSPS) is 16.9. The lowest BCUT2D eigenvalue weighted by molar-refractivity contribution is 0.800. The molecule has 0 aliphatic carbocycles. The van der Waals surface area contributed by atoms with Crippen LogP contribution in [0.1, 0.15) is 0 Å². The summed E-state index contributed by atoms with van der Waals surface area (Å²) in [6.45, 7) is 0. The second kappa shape index (κ2) is 1.51. The topological polar surface area (TPSA) is 62.4 Å². The molecule has 0 radical (unpaired) electrons. The molecule has 0 atom stereocenters. The fourth-order valence-electron chi connectivity index (χ4n) is 0.297. The Hall–Kier alpha value is -1.19. The molecule has 1 rings (SSSR count). The Kier molecular flexibility index (Phi) is 0.856. The minimum Gasteiger partial charge on any atom is -0.382 e. The smallest absolute Gasteiger partial charge is 0.142 e. The third-order valence-electron chi connectivity index (χ3n) is 0.582. The quantitative estimate of drug-likeness (QED) is 0.359. The van der Waals surface area contributed by atoms with Crippen LogP contribution >= 0.6 is 0 Å². The van der Waals surface area contributed by atoms with Crippen molar-refractivity contribution in [2.45, 2.75) is 0 Å². The van der Waals surface area contributed by atoms with Gasteiger partial charge in [0, 0.05) is 0 Å². The van der Waals surface area contributed by atoms with E-state index in [1.807, 2.05) is 0 Å². The van der Waals surface area contributed by atoms with Crippen LogP contribution in [0.2, 0.25) is 0 Å². The van der Waals surface area contributed by atoms with Crippen molar-refractivity contribution in [1.82, 2.24) is 10.9 Å². The molecular formula is C3H6N4. The molecule has 0 saturated heterocycles. The van der Waals surface area contributed by atoms with Crippen molar-refractivity contribution in [2.75, 3.05) is 0 Å². The summed E-state index contributed by atoms with van der Waals surface area (Å²) >= 11 is 0. The van der Waals surface area contributed by atoms with E-state index >= 15 is 0 Å². The van der Waals surface area contributed by atoms with Crippen molar-refractivity contribution in [3.63, 3.8) is 0 Å². The molecule has 0 aromatic rings. The predicted molar refractivity (Wildman–Crippen MR) is 27.0 cm³/mol. The third kappa shape index (κ3) is 0.819. The summed E-state index contributed by atoms with van der Waals surface area (Å²) in [5, 5.41) is 0. The monoisotopic (exact) mass is 98.1 g/mol. The highest BCUT2D eigenvalue weighted by atomic mass is 15.4.